The largest absolute Gasteiger partial charge is 0.383 e. The minimum atomic E-state index is 0.0715. The maximum Gasteiger partial charge on any atom is 0.223 e. The standard InChI is InChI=1S/C11H13ClN2O/c1-8(15)14-6-2-5-13-10-7-9(12)3-4-11(10)14/h3-4,7,13H,2,5-6H2,1H3. The van der Waals surface area contributed by atoms with Crippen molar-refractivity contribution < 1.29 is 4.79 Å². The van der Waals surface area contributed by atoms with Gasteiger partial charge >= 0.3 is 0 Å². The molecule has 0 aliphatic carbocycles. The van der Waals surface area contributed by atoms with Crippen molar-refractivity contribution in [2.75, 3.05) is 23.3 Å². The first-order valence-electron chi connectivity index (χ1n) is 5.00. The molecule has 2 rings (SSSR count). The number of rotatable bonds is 0. The van der Waals surface area contributed by atoms with Gasteiger partial charge in [-0.15, -0.1) is 0 Å². The Hall–Kier alpha value is -1.22. The summed E-state index contributed by atoms with van der Waals surface area (Å²) in [5.74, 6) is 0.0715. The summed E-state index contributed by atoms with van der Waals surface area (Å²) in [5.41, 5.74) is 1.86. The summed E-state index contributed by atoms with van der Waals surface area (Å²) in [4.78, 5) is 13.2. The van der Waals surface area contributed by atoms with Crippen LogP contribution in [0.5, 0.6) is 0 Å². The van der Waals surface area contributed by atoms with E-state index in [1.807, 2.05) is 18.2 Å². The minimum Gasteiger partial charge on any atom is -0.383 e. The zero-order chi connectivity index (χ0) is 10.8. The molecule has 1 aliphatic rings. The average molecular weight is 225 g/mol. The fourth-order valence-corrected chi connectivity index (χ4v) is 1.97. The highest BCUT2D eigenvalue weighted by atomic mass is 35.5. The molecule has 0 fully saturated rings. The summed E-state index contributed by atoms with van der Waals surface area (Å²) < 4.78 is 0. The van der Waals surface area contributed by atoms with Crippen LogP contribution in [-0.2, 0) is 4.79 Å². The molecule has 15 heavy (non-hydrogen) atoms. The number of amides is 1. The average Bonchev–Trinajstić information content (AvgIpc) is 2.38. The number of benzene rings is 1. The molecular weight excluding hydrogens is 212 g/mol. The highest BCUT2D eigenvalue weighted by molar-refractivity contribution is 6.31. The van der Waals surface area contributed by atoms with E-state index in [1.165, 1.54) is 0 Å². The lowest BCUT2D eigenvalue weighted by Gasteiger charge is -2.20. The monoisotopic (exact) mass is 224 g/mol. The topological polar surface area (TPSA) is 32.3 Å². The molecule has 1 aromatic carbocycles. The van der Waals surface area contributed by atoms with Gasteiger partial charge in [-0.3, -0.25) is 4.79 Å². The van der Waals surface area contributed by atoms with Crippen LogP contribution in [0.1, 0.15) is 13.3 Å². The molecule has 0 saturated heterocycles. The van der Waals surface area contributed by atoms with Gasteiger partial charge in [-0.05, 0) is 24.6 Å². The lowest BCUT2D eigenvalue weighted by molar-refractivity contribution is -0.116. The molecule has 0 spiro atoms. The molecule has 1 heterocycles. The van der Waals surface area contributed by atoms with E-state index >= 15 is 0 Å². The van der Waals surface area contributed by atoms with Gasteiger partial charge in [0.15, 0.2) is 0 Å². The number of halogens is 1. The highest BCUT2D eigenvalue weighted by Crippen LogP contribution is 2.31. The van der Waals surface area contributed by atoms with Gasteiger partial charge in [-0.25, -0.2) is 0 Å². The van der Waals surface area contributed by atoms with Crippen LogP contribution < -0.4 is 10.2 Å². The van der Waals surface area contributed by atoms with Gasteiger partial charge in [0.05, 0.1) is 11.4 Å². The minimum absolute atomic E-state index is 0.0715. The van der Waals surface area contributed by atoms with Crippen molar-refractivity contribution in [1.82, 2.24) is 0 Å². The molecule has 4 heteroatoms. The van der Waals surface area contributed by atoms with Crippen molar-refractivity contribution in [1.29, 1.82) is 0 Å². The molecule has 0 radical (unpaired) electrons. The Balaban J connectivity index is 2.45. The Kier molecular flexibility index (Phi) is 2.82. The summed E-state index contributed by atoms with van der Waals surface area (Å²) in [6.07, 6.45) is 0.950. The Labute approximate surface area is 94.0 Å². The molecule has 1 aromatic rings. The van der Waals surface area contributed by atoms with Crippen LogP contribution in [0.4, 0.5) is 11.4 Å². The van der Waals surface area contributed by atoms with Crippen molar-refractivity contribution in [2.24, 2.45) is 0 Å². The molecule has 3 nitrogen and oxygen atoms in total. The molecule has 0 saturated carbocycles. The van der Waals surface area contributed by atoms with Gasteiger partial charge in [-0.2, -0.15) is 0 Å². The summed E-state index contributed by atoms with van der Waals surface area (Å²) in [6.45, 7) is 3.22. The second-order valence-corrected chi connectivity index (χ2v) is 4.05. The van der Waals surface area contributed by atoms with Gasteiger partial charge in [-0.1, -0.05) is 11.6 Å². The van der Waals surface area contributed by atoms with Gasteiger partial charge in [0.1, 0.15) is 0 Å². The fourth-order valence-electron chi connectivity index (χ4n) is 1.79. The predicted molar refractivity (Wildman–Crippen MR) is 62.6 cm³/mol. The van der Waals surface area contributed by atoms with E-state index < -0.39 is 0 Å². The number of hydrogen-bond donors (Lipinski definition) is 1. The van der Waals surface area contributed by atoms with Crippen molar-refractivity contribution in [2.45, 2.75) is 13.3 Å². The lowest BCUT2D eigenvalue weighted by atomic mass is 10.2. The normalized spacial score (nSPS) is 15.2. The van der Waals surface area contributed by atoms with Crippen LogP contribution in [0.25, 0.3) is 0 Å². The second kappa shape index (κ2) is 4.11. The molecule has 1 amide bonds. The van der Waals surface area contributed by atoms with Crippen molar-refractivity contribution >= 4 is 28.9 Å². The van der Waals surface area contributed by atoms with E-state index in [0.717, 1.165) is 30.9 Å². The number of carbonyl (C=O) groups is 1. The van der Waals surface area contributed by atoms with E-state index in [1.54, 1.807) is 11.8 Å². The van der Waals surface area contributed by atoms with Crippen LogP contribution in [-0.4, -0.2) is 19.0 Å². The zero-order valence-electron chi connectivity index (χ0n) is 8.59. The van der Waals surface area contributed by atoms with Crippen molar-refractivity contribution in [3.63, 3.8) is 0 Å². The highest BCUT2D eigenvalue weighted by Gasteiger charge is 2.17. The molecule has 80 valence electrons. The van der Waals surface area contributed by atoms with E-state index in [0.29, 0.717) is 5.02 Å². The Morgan fingerprint density at radius 3 is 3.07 bits per heavy atom. The molecule has 0 atom stereocenters. The maximum atomic E-state index is 11.5. The van der Waals surface area contributed by atoms with E-state index in [-0.39, 0.29) is 5.91 Å². The first-order chi connectivity index (χ1) is 7.18. The quantitative estimate of drug-likeness (QED) is 0.735. The van der Waals surface area contributed by atoms with Gasteiger partial charge in [0, 0.05) is 25.0 Å². The van der Waals surface area contributed by atoms with Crippen LogP contribution in [0.15, 0.2) is 18.2 Å². The second-order valence-electron chi connectivity index (χ2n) is 3.61. The number of carbonyl (C=O) groups excluding carboxylic acids is 1. The number of nitrogens with zero attached hydrogens (tertiary/aromatic N) is 1. The van der Waals surface area contributed by atoms with Gasteiger partial charge < -0.3 is 10.2 Å². The molecule has 1 aliphatic heterocycles. The van der Waals surface area contributed by atoms with Gasteiger partial charge in [0.2, 0.25) is 5.91 Å². The summed E-state index contributed by atoms with van der Waals surface area (Å²) in [6, 6.07) is 5.55. The Morgan fingerprint density at radius 2 is 2.33 bits per heavy atom. The smallest absolute Gasteiger partial charge is 0.223 e. The number of nitrogens with one attached hydrogen (secondary N) is 1. The zero-order valence-corrected chi connectivity index (χ0v) is 9.34. The first kappa shape index (κ1) is 10.3. The summed E-state index contributed by atoms with van der Waals surface area (Å²) in [7, 11) is 0. The molecule has 1 N–H and O–H groups in total. The fraction of sp³-hybridized carbons (Fsp3) is 0.364. The van der Waals surface area contributed by atoms with E-state index in [4.69, 9.17) is 11.6 Å². The SMILES string of the molecule is CC(=O)N1CCCNc2cc(Cl)ccc21. The predicted octanol–water partition coefficient (Wildman–Crippen LogP) is 2.51. The van der Waals surface area contributed by atoms with Crippen LogP contribution in [0, 0.1) is 0 Å². The molecule has 0 unspecified atom stereocenters. The van der Waals surface area contributed by atoms with Crippen molar-refractivity contribution in [3.8, 4) is 0 Å². The molecule has 0 aromatic heterocycles. The van der Waals surface area contributed by atoms with E-state index in [2.05, 4.69) is 5.32 Å². The van der Waals surface area contributed by atoms with Crippen LogP contribution in [0.3, 0.4) is 0 Å². The Bertz CT molecular complexity index is 392. The maximum absolute atomic E-state index is 11.5. The molecule has 0 bridgehead atoms. The molecular formula is C11H13ClN2O. The van der Waals surface area contributed by atoms with Crippen molar-refractivity contribution in [3.05, 3.63) is 23.2 Å². The van der Waals surface area contributed by atoms with Crippen LogP contribution >= 0.6 is 11.6 Å². The third-order valence-corrected chi connectivity index (χ3v) is 2.74. The van der Waals surface area contributed by atoms with E-state index in [9.17, 15) is 4.79 Å². The number of fused-ring (bicyclic) bond motifs is 1. The first-order valence-corrected chi connectivity index (χ1v) is 5.38. The number of anilines is 2. The van der Waals surface area contributed by atoms with Gasteiger partial charge in [0.25, 0.3) is 0 Å². The lowest BCUT2D eigenvalue weighted by Crippen LogP contribution is -2.28. The number of hydrogen-bond acceptors (Lipinski definition) is 2. The van der Waals surface area contributed by atoms with Crippen LogP contribution in [0.2, 0.25) is 5.02 Å². The summed E-state index contributed by atoms with van der Waals surface area (Å²) in [5, 5.41) is 3.96. The third kappa shape index (κ3) is 2.07. The summed E-state index contributed by atoms with van der Waals surface area (Å²) >= 11 is 5.91. The third-order valence-electron chi connectivity index (χ3n) is 2.50. The Morgan fingerprint density at radius 1 is 1.53 bits per heavy atom.